The van der Waals surface area contributed by atoms with Crippen molar-refractivity contribution in [2.24, 2.45) is 7.05 Å². The quantitative estimate of drug-likeness (QED) is 0.331. The average molecular weight is 452 g/mol. The molecule has 4 aromatic rings. The van der Waals surface area contributed by atoms with Crippen LogP contribution in [0.4, 0.5) is 17.2 Å². The Morgan fingerprint density at radius 1 is 1.41 bits per heavy atom. The molecule has 1 aromatic carbocycles. The maximum Gasteiger partial charge on any atom is 0.435 e. The number of nitrogens with zero attached hydrogens (tertiary/aromatic N) is 3. The Balaban J connectivity index is 1.90. The second-order valence-electron chi connectivity index (χ2n) is 6.66. The van der Waals surface area contributed by atoms with Gasteiger partial charge in [0.25, 0.3) is 5.91 Å². The summed E-state index contributed by atoms with van der Waals surface area (Å²) >= 11 is 0.996. The summed E-state index contributed by atoms with van der Waals surface area (Å²) in [6.45, 7) is 2.27. The lowest BCUT2D eigenvalue weighted by Crippen LogP contribution is -2.34. The number of pyridine rings is 1. The fourth-order valence-electron chi connectivity index (χ4n) is 3.33. The van der Waals surface area contributed by atoms with Gasteiger partial charge < -0.3 is 21.5 Å². The van der Waals surface area contributed by atoms with Crippen LogP contribution in [-0.2, 0) is 7.05 Å². The monoisotopic (exact) mass is 452 g/mol. The molecule has 0 saturated carbocycles. The van der Waals surface area contributed by atoms with Gasteiger partial charge in [-0.2, -0.15) is 5.26 Å². The number of benzene rings is 1. The number of amides is 1. The van der Waals surface area contributed by atoms with E-state index in [0.29, 0.717) is 22.9 Å². The number of H-pyrrole nitrogens is 1. The van der Waals surface area contributed by atoms with Crippen molar-refractivity contribution in [2.75, 3.05) is 23.4 Å². The molecule has 0 saturated heterocycles. The molecular weight excluding hydrogens is 434 g/mol. The Bertz CT molecular complexity index is 1460. The molecular formula is C20H18N7O4S+. The van der Waals surface area contributed by atoms with Crippen molar-refractivity contribution < 1.29 is 18.7 Å². The number of aryl methyl sites for hydroxylation is 1. The fraction of sp³-hybridized carbons (Fsp3) is 0.150. The molecule has 0 unspecified atom stereocenters. The Hall–Kier alpha value is -4.37. The van der Waals surface area contributed by atoms with E-state index in [0.717, 1.165) is 11.3 Å². The first-order valence-corrected chi connectivity index (χ1v) is 10.2. The molecule has 162 valence electrons. The van der Waals surface area contributed by atoms with Crippen LogP contribution < -0.4 is 31.8 Å². The predicted octanol–water partition coefficient (Wildman–Crippen LogP) is 1.76. The van der Waals surface area contributed by atoms with Crippen molar-refractivity contribution in [3.05, 3.63) is 45.1 Å². The van der Waals surface area contributed by atoms with E-state index in [-0.39, 0.29) is 38.6 Å². The van der Waals surface area contributed by atoms with Crippen LogP contribution in [0.15, 0.2) is 33.6 Å². The van der Waals surface area contributed by atoms with Crippen LogP contribution in [0.3, 0.4) is 0 Å². The first kappa shape index (κ1) is 20.9. The second kappa shape index (κ2) is 8.05. The van der Waals surface area contributed by atoms with E-state index in [4.69, 9.17) is 20.7 Å². The lowest BCUT2D eigenvalue weighted by Gasteiger charge is -2.10. The summed E-state index contributed by atoms with van der Waals surface area (Å²) in [5, 5.41) is 15.1. The highest BCUT2D eigenvalue weighted by atomic mass is 32.1. The van der Waals surface area contributed by atoms with Gasteiger partial charge in [0.1, 0.15) is 32.9 Å². The van der Waals surface area contributed by atoms with Crippen molar-refractivity contribution in [3.8, 4) is 23.1 Å². The van der Waals surface area contributed by atoms with Crippen molar-refractivity contribution in [1.82, 2.24) is 10.3 Å². The molecule has 6 N–H and O–H groups in total. The SMILES string of the molecule is CCOc1ccccc1NC(=O)c1sc2nc(N)c(C#N)c(-c3c(=O)o[nH][n+]3C)c2c1N. The number of carbonyl (C=O) groups excluding carboxylic acids is 1. The third-order valence-corrected chi connectivity index (χ3v) is 5.80. The number of aromatic amines is 1. The lowest BCUT2D eigenvalue weighted by atomic mass is 10.0. The Kier molecular flexibility index (Phi) is 5.25. The molecule has 12 heteroatoms. The van der Waals surface area contributed by atoms with Gasteiger partial charge in [0.05, 0.1) is 28.9 Å². The number of nitrogens with two attached hydrogens (primary N) is 2. The van der Waals surface area contributed by atoms with Gasteiger partial charge in [-0.15, -0.1) is 11.3 Å². The summed E-state index contributed by atoms with van der Waals surface area (Å²) in [6, 6.07) is 8.95. The molecule has 32 heavy (non-hydrogen) atoms. The van der Waals surface area contributed by atoms with Crippen LogP contribution in [0.25, 0.3) is 21.5 Å². The van der Waals surface area contributed by atoms with E-state index < -0.39 is 11.5 Å². The van der Waals surface area contributed by atoms with Crippen molar-refractivity contribution in [3.63, 3.8) is 0 Å². The van der Waals surface area contributed by atoms with Crippen molar-refractivity contribution in [2.45, 2.75) is 6.92 Å². The first-order chi connectivity index (χ1) is 15.4. The van der Waals surface area contributed by atoms with E-state index in [1.165, 1.54) is 11.7 Å². The summed E-state index contributed by atoms with van der Waals surface area (Å²) in [5.74, 6) is -0.0773. The highest BCUT2D eigenvalue weighted by molar-refractivity contribution is 7.21. The molecule has 3 heterocycles. The van der Waals surface area contributed by atoms with E-state index in [1.807, 2.05) is 13.0 Å². The van der Waals surface area contributed by atoms with Gasteiger partial charge in [0, 0.05) is 0 Å². The minimum atomic E-state index is -0.724. The normalized spacial score (nSPS) is 10.8. The summed E-state index contributed by atoms with van der Waals surface area (Å²) < 4.78 is 11.7. The summed E-state index contributed by atoms with van der Waals surface area (Å²) in [4.78, 5) is 30.1. The number of ether oxygens (including phenoxy) is 1. The molecule has 0 aliphatic carbocycles. The number of nitrogens with one attached hydrogen (secondary N) is 2. The van der Waals surface area contributed by atoms with Gasteiger partial charge in [0.15, 0.2) is 7.05 Å². The Labute approximate surface area is 184 Å². The number of hydrogen-bond acceptors (Lipinski definition) is 9. The summed E-state index contributed by atoms with van der Waals surface area (Å²) in [6.07, 6.45) is 0. The molecule has 0 aliphatic heterocycles. The van der Waals surface area contributed by atoms with E-state index in [1.54, 1.807) is 24.3 Å². The number of rotatable bonds is 5. The molecule has 0 radical (unpaired) electrons. The van der Waals surface area contributed by atoms with E-state index in [9.17, 15) is 14.9 Å². The highest BCUT2D eigenvalue weighted by Crippen LogP contribution is 2.41. The van der Waals surface area contributed by atoms with Crippen molar-refractivity contribution >= 4 is 44.7 Å². The Morgan fingerprint density at radius 3 is 2.81 bits per heavy atom. The van der Waals surface area contributed by atoms with Gasteiger partial charge in [-0.1, -0.05) is 16.8 Å². The van der Waals surface area contributed by atoms with Crippen LogP contribution in [0.2, 0.25) is 0 Å². The number of aromatic nitrogens is 3. The number of carbonyl (C=O) groups is 1. The molecule has 0 spiro atoms. The number of nitrogen functional groups attached to an aromatic ring is 2. The molecule has 3 aromatic heterocycles. The van der Waals surface area contributed by atoms with Crippen LogP contribution in [0.1, 0.15) is 22.2 Å². The standard InChI is InChI=1S/C20H17N7O4S/c1-3-30-11-7-5-4-6-10(11)24-18(28)16-14(22)13-12(15-20(29)31-26-27(15)2)9(8-21)17(23)25-19(13)32-16/h4-7H,3H2,1-2H3,(H5-,22,23,24,25,26,28,29)/p+1. The predicted molar refractivity (Wildman–Crippen MR) is 118 cm³/mol. The molecule has 0 fully saturated rings. The fourth-order valence-corrected chi connectivity index (χ4v) is 4.34. The third-order valence-electron chi connectivity index (χ3n) is 4.70. The minimum absolute atomic E-state index is 0.0267. The first-order valence-electron chi connectivity index (χ1n) is 9.39. The van der Waals surface area contributed by atoms with Crippen LogP contribution in [-0.4, -0.2) is 22.8 Å². The number of anilines is 3. The van der Waals surface area contributed by atoms with Crippen LogP contribution in [0.5, 0.6) is 5.75 Å². The van der Waals surface area contributed by atoms with Crippen LogP contribution in [0, 0.1) is 11.3 Å². The third kappa shape index (κ3) is 3.30. The second-order valence-corrected chi connectivity index (χ2v) is 7.65. The maximum absolute atomic E-state index is 13.1. The molecule has 1 amide bonds. The zero-order chi connectivity index (χ0) is 23.0. The average Bonchev–Trinajstić information content (AvgIpc) is 3.27. The van der Waals surface area contributed by atoms with Gasteiger partial charge in [-0.05, 0) is 24.3 Å². The smallest absolute Gasteiger partial charge is 0.435 e. The number of nitriles is 1. The number of hydrogen-bond donors (Lipinski definition) is 4. The van der Waals surface area contributed by atoms with Gasteiger partial charge in [0.2, 0.25) is 0 Å². The molecule has 0 atom stereocenters. The van der Waals surface area contributed by atoms with Gasteiger partial charge >= 0.3 is 11.3 Å². The topological polar surface area (TPSA) is 177 Å². The number of para-hydroxylation sites is 2. The van der Waals surface area contributed by atoms with Gasteiger partial charge in [-0.3, -0.25) is 9.32 Å². The lowest BCUT2D eigenvalue weighted by molar-refractivity contribution is -0.730. The van der Waals surface area contributed by atoms with Crippen LogP contribution >= 0.6 is 11.3 Å². The van der Waals surface area contributed by atoms with E-state index in [2.05, 4.69) is 15.6 Å². The Morgan fingerprint density at radius 2 is 2.16 bits per heavy atom. The molecule has 0 bridgehead atoms. The highest BCUT2D eigenvalue weighted by Gasteiger charge is 2.32. The van der Waals surface area contributed by atoms with E-state index >= 15 is 0 Å². The molecule has 4 rings (SSSR count). The summed E-state index contributed by atoms with van der Waals surface area (Å²) in [7, 11) is 1.53. The maximum atomic E-state index is 13.1. The number of thiophene rings is 1. The summed E-state index contributed by atoms with van der Waals surface area (Å²) in [5.41, 5.74) is 12.3. The molecule has 11 nitrogen and oxygen atoms in total. The zero-order valence-electron chi connectivity index (χ0n) is 17.1. The van der Waals surface area contributed by atoms with Crippen molar-refractivity contribution in [1.29, 1.82) is 5.26 Å². The number of fused-ring (bicyclic) bond motifs is 1. The minimum Gasteiger partial charge on any atom is -0.492 e. The largest absolute Gasteiger partial charge is 0.492 e. The molecule has 0 aliphatic rings. The van der Waals surface area contributed by atoms with Gasteiger partial charge in [-0.25, -0.2) is 9.78 Å². The zero-order valence-corrected chi connectivity index (χ0v) is 17.9.